The van der Waals surface area contributed by atoms with Crippen molar-refractivity contribution in [3.8, 4) is 11.3 Å². The Kier molecular flexibility index (Phi) is 3.99. The van der Waals surface area contributed by atoms with E-state index in [4.69, 9.17) is 0 Å². The average molecular weight is 342 g/mol. The lowest BCUT2D eigenvalue weighted by atomic mass is 10.1. The van der Waals surface area contributed by atoms with Crippen LogP contribution in [0.5, 0.6) is 0 Å². The first-order valence-corrected chi connectivity index (χ1v) is 8.53. The molecule has 0 bridgehead atoms. The molecule has 2 aliphatic heterocycles. The molecule has 130 valence electrons. The zero-order valence-electron chi connectivity index (χ0n) is 13.7. The number of nitrogens with zero attached hydrogens (tertiary/aromatic N) is 2. The van der Waals surface area contributed by atoms with Crippen LogP contribution in [0.1, 0.15) is 37.5 Å². The molecule has 2 amide bonds. The third-order valence-electron chi connectivity index (χ3n) is 4.90. The van der Waals surface area contributed by atoms with E-state index in [9.17, 15) is 14.0 Å². The second kappa shape index (κ2) is 6.31. The third-order valence-corrected chi connectivity index (χ3v) is 4.90. The van der Waals surface area contributed by atoms with Gasteiger partial charge in [0.05, 0.1) is 17.9 Å². The number of nitrogens with one attached hydrogen (secondary N) is 2. The first-order valence-electron chi connectivity index (χ1n) is 8.53. The minimum atomic E-state index is -0.436. The molecule has 6 nitrogen and oxygen atoms in total. The van der Waals surface area contributed by atoms with Crippen LogP contribution in [0.3, 0.4) is 0 Å². The Hall–Kier alpha value is -2.70. The van der Waals surface area contributed by atoms with Gasteiger partial charge in [-0.05, 0) is 31.4 Å². The lowest BCUT2D eigenvalue weighted by Crippen LogP contribution is -2.44. The molecule has 25 heavy (non-hydrogen) atoms. The number of hydrogen-bond acceptors (Lipinski definition) is 3. The summed E-state index contributed by atoms with van der Waals surface area (Å²) in [7, 11) is 0. The molecular weight excluding hydrogens is 323 g/mol. The summed E-state index contributed by atoms with van der Waals surface area (Å²) in [6.45, 7) is 0.644. The van der Waals surface area contributed by atoms with Gasteiger partial charge < -0.3 is 15.2 Å². The molecule has 2 saturated heterocycles. The Balaban J connectivity index is 1.56. The van der Waals surface area contributed by atoms with Crippen LogP contribution in [-0.4, -0.2) is 39.3 Å². The molecule has 3 heterocycles. The SMILES string of the molecule is O=C1CC[C@@H](C(=O)N2CCC[C@H]2c2ncc(-c3ccccc3F)[nH]2)N1. The van der Waals surface area contributed by atoms with Crippen LogP contribution in [0, 0.1) is 5.82 Å². The molecule has 2 aliphatic rings. The number of aromatic nitrogens is 2. The van der Waals surface area contributed by atoms with Gasteiger partial charge in [-0.3, -0.25) is 9.59 Å². The van der Waals surface area contributed by atoms with E-state index in [2.05, 4.69) is 15.3 Å². The Morgan fingerprint density at radius 2 is 2.12 bits per heavy atom. The minimum Gasteiger partial charge on any atom is -0.344 e. The van der Waals surface area contributed by atoms with Crippen molar-refractivity contribution in [2.75, 3.05) is 6.54 Å². The molecule has 2 atom stereocenters. The molecule has 2 aromatic rings. The fourth-order valence-electron chi connectivity index (χ4n) is 3.64. The number of halogens is 1. The molecule has 1 aromatic heterocycles. The number of benzene rings is 1. The molecule has 0 radical (unpaired) electrons. The largest absolute Gasteiger partial charge is 0.344 e. The zero-order chi connectivity index (χ0) is 17.4. The summed E-state index contributed by atoms with van der Waals surface area (Å²) in [4.78, 5) is 33.4. The molecular formula is C18H19FN4O2. The summed E-state index contributed by atoms with van der Waals surface area (Å²) in [6, 6.07) is 5.92. The number of carbonyl (C=O) groups is 2. The van der Waals surface area contributed by atoms with Gasteiger partial charge in [-0.25, -0.2) is 9.37 Å². The maximum Gasteiger partial charge on any atom is 0.245 e. The predicted molar refractivity (Wildman–Crippen MR) is 88.8 cm³/mol. The second-order valence-corrected chi connectivity index (χ2v) is 6.51. The summed E-state index contributed by atoms with van der Waals surface area (Å²) in [5.41, 5.74) is 1.06. The molecule has 1 aromatic carbocycles. The molecule has 4 rings (SSSR count). The maximum absolute atomic E-state index is 14.0. The van der Waals surface area contributed by atoms with Gasteiger partial charge in [0.25, 0.3) is 0 Å². The predicted octanol–water partition coefficient (Wildman–Crippen LogP) is 2.16. The number of aromatic amines is 1. The number of likely N-dealkylation sites (tertiary alicyclic amines) is 1. The lowest BCUT2D eigenvalue weighted by Gasteiger charge is -2.26. The molecule has 0 aliphatic carbocycles. The van der Waals surface area contributed by atoms with Crippen molar-refractivity contribution in [2.24, 2.45) is 0 Å². The summed E-state index contributed by atoms with van der Waals surface area (Å²) in [6.07, 6.45) is 4.22. The Bertz CT molecular complexity index is 819. The Morgan fingerprint density at radius 3 is 2.88 bits per heavy atom. The van der Waals surface area contributed by atoms with Gasteiger partial charge in [0, 0.05) is 18.5 Å². The Morgan fingerprint density at radius 1 is 1.28 bits per heavy atom. The molecule has 2 fully saturated rings. The van der Waals surface area contributed by atoms with Gasteiger partial charge in [0.1, 0.15) is 17.7 Å². The van der Waals surface area contributed by atoms with Crippen LogP contribution in [0.4, 0.5) is 4.39 Å². The van der Waals surface area contributed by atoms with Crippen molar-refractivity contribution in [3.63, 3.8) is 0 Å². The smallest absolute Gasteiger partial charge is 0.245 e. The van der Waals surface area contributed by atoms with E-state index in [1.807, 2.05) is 0 Å². The quantitative estimate of drug-likeness (QED) is 0.897. The van der Waals surface area contributed by atoms with Crippen LogP contribution in [-0.2, 0) is 9.59 Å². The first-order chi connectivity index (χ1) is 12.1. The summed E-state index contributed by atoms with van der Waals surface area (Å²) >= 11 is 0. The van der Waals surface area contributed by atoms with E-state index >= 15 is 0 Å². The van der Waals surface area contributed by atoms with Gasteiger partial charge >= 0.3 is 0 Å². The maximum atomic E-state index is 14.0. The first kappa shape index (κ1) is 15.8. The van der Waals surface area contributed by atoms with Gasteiger partial charge in [0.15, 0.2) is 0 Å². The van der Waals surface area contributed by atoms with E-state index < -0.39 is 6.04 Å². The molecule has 2 N–H and O–H groups in total. The summed E-state index contributed by atoms with van der Waals surface area (Å²) in [5.74, 6) is 0.213. The van der Waals surface area contributed by atoms with Crippen LogP contribution in [0.2, 0.25) is 0 Å². The third kappa shape index (κ3) is 2.90. The zero-order valence-corrected chi connectivity index (χ0v) is 13.7. The number of amides is 2. The van der Waals surface area contributed by atoms with Gasteiger partial charge in [0.2, 0.25) is 11.8 Å². The van der Waals surface area contributed by atoms with Crippen molar-refractivity contribution < 1.29 is 14.0 Å². The van der Waals surface area contributed by atoms with E-state index in [0.29, 0.717) is 36.5 Å². The number of H-pyrrole nitrogens is 1. The van der Waals surface area contributed by atoms with Gasteiger partial charge in [-0.1, -0.05) is 12.1 Å². The minimum absolute atomic E-state index is 0.0582. The van der Waals surface area contributed by atoms with Crippen molar-refractivity contribution in [2.45, 2.75) is 37.8 Å². The highest BCUT2D eigenvalue weighted by Gasteiger charge is 2.38. The van der Waals surface area contributed by atoms with E-state index in [1.54, 1.807) is 29.3 Å². The Labute approximate surface area is 144 Å². The number of carbonyl (C=O) groups excluding carboxylic acids is 2. The summed E-state index contributed by atoms with van der Waals surface area (Å²) in [5, 5.41) is 2.73. The van der Waals surface area contributed by atoms with E-state index in [0.717, 1.165) is 12.8 Å². The second-order valence-electron chi connectivity index (χ2n) is 6.51. The lowest BCUT2D eigenvalue weighted by molar-refractivity contribution is -0.135. The fourth-order valence-corrected chi connectivity index (χ4v) is 3.64. The van der Waals surface area contributed by atoms with Crippen molar-refractivity contribution in [1.82, 2.24) is 20.2 Å². The highest BCUT2D eigenvalue weighted by molar-refractivity contribution is 5.91. The van der Waals surface area contributed by atoms with E-state index in [-0.39, 0.29) is 23.7 Å². The normalized spacial score (nSPS) is 23.1. The van der Waals surface area contributed by atoms with Crippen LogP contribution >= 0.6 is 0 Å². The van der Waals surface area contributed by atoms with Crippen molar-refractivity contribution in [3.05, 3.63) is 42.1 Å². The fraction of sp³-hybridized carbons (Fsp3) is 0.389. The summed E-state index contributed by atoms with van der Waals surface area (Å²) < 4.78 is 14.0. The van der Waals surface area contributed by atoms with Crippen LogP contribution < -0.4 is 5.32 Å². The van der Waals surface area contributed by atoms with Gasteiger partial charge in [-0.15, -0.1) is 0 Å². The number of rotatable bonds is 3. The molecule has 7 heteroatoms. The van der Waals surface area contributed by atoms with E-state index in [1.165, 1.54) is 6.07 Å². The molecule has 0 saturated carbocycles. The van der Waals surface area contributed by atoms with Crippen LogP contribution in [0.15, 0.2) is 30.5 Å². The average Bonchev–Trinajstić information content (AvgIpc) is 3.34. The van der Waals surface area contributed by atoms with Crippen molar-refractivity contribution >= 4 is 11.8 Å². The highest BCUT2D eigenvalue weighted by atomic mass is 19.1. The number of hydrogen-bond donors (Lipinski definition) is 2. The molecule has 0 unspecified atom stereocenters. The molecule has 0 spiro atoms. The number of imidazole rings is 1. The van der Waals surface area contributed by atoms with Crippen LogP contribution in [0.25, 0.3) is 11.3 Å². The standard InChI is InChI=1S/C18H19FN4O2/c19-12-5-2-1-4-11(12)14-10-20-17(22-14)15-6-3-9-23(15)18(25)13-7-8-16(24)21-13/h1-2,4-5,10,13,15H,3,6-9H2,(H,20,22)(H,21,24)/t13-,15-/m0/s1. The topological polar surface area (TPSA) is 78.1 Å². The van der Waals surface area contributed by atoms with Crippen molar-refractivity contribution in [1.29, 1.82) is 0 Å². The monoisotopic (exact) mass is 342 g/mol. The highest BCUT2D eigenvalue weighted by Crippen LogP contribution is 2.33. The van der Waals surface area contributed by atoms with Gasteiger partial charge in [-0.2, -0.15) is 0 Å².